The van der Waals surface area contributed by atoms with Crippen LogP contribution in [0.15, 0.2) is 27.6 Å². The number of benzene rings is 1. The summed E-state index contributed by atoms with van der Waals surface area (Å²) in [7, 11) is 0. The van der Waals surface area contributed by atoms with Crippen molar-refractivity contribution >= 4 is 27.7 Å². The van der Waals surface area contributed by atoms with Gasteiger partial charge < -0.3 is 10.1 Å². The largest absolute Gasteiger partial charge is 0.377 e. The predicted octanol–water partition coefficient (Wildman–Crippen LogP) is 3.97. The molecule has 1 aromatic rings. The Morgan fingerprint density at radius 1 is 1.32 bits per heavy atom. The molecule has 0 spiro atoms. The van der Waals surface area contributed by atoms with Gasteiger partial charge in [0.2, 0.25) is 0 Å². The van der Waals surface area contributed by atoms with E-state index in [2.05, 4.69) is 39.4 Å². The molecule has 104 valence electrons. The lowest BCUT2D eigenvalue weighted by Crippen LogP contribution is -2.16. The maximum absolute atomic E-state index is 5.70. The molecule has 0 bridgehead atoms. The highest BCUT2D eigenvalue weighted by atomic mass is 79.9. The molecule has 1 N–H and O–H groups in total. The van der Waals surface area contributed by atoms with Gasteiger partial charge in [-0.1, -0.05) is 22.0 Å². The molecule has 2 nitrogen and oxygen atoms in total. The van der Waals surface area contributed by atoms with Crippen LogP contribution >= 0.6 is 27.7 Å². The van der Waals surface area contributed by atoms with Crippen LogP contribution in [0.5, 0.6) is 0 Å². The zero-order chi connectivity index (χ0) is 13.1. The molecule has 4 heteroatoms. The molecule has 2 fully saturated rings. The van der Waals surface area contributed by atoms with Gasteiger partial charge in [0.25, 0.3) is 0 Å². The highest BCUT2D eigenvalue weighted by molar-refractivity contribution is 9.10. The van der Waals surface area contributed by atoms with Crippen molar-refractivity contribution in [2.24, 2.45) is 0 Å². The van der Waals surface area contributed by atoms with Crippen molar-refractivity contribution in [3.05, 3.63) is 28.2 Å². The van der Waals surface area contributed by atoms with Crippen LogP contribution in [0.2, 0.25) is 0 Å². The lowest BCUT2D eigenvalue weighted by atomic mass is 10.2. The highest BCUT2D eigenvalue weighted by Crippen LogP contribution is 2.30. The van der Waals surface area contributed by atoms with Gasteiger partial charge in [0.15, 0.2) is 0 Å². The number of rotatable bonds is 6. The van der Waals surface area contributed by atoms with E-state index in [1.165, 1.54) is 36.1 Å². The van der Waals surface area contributed by atoms with Crippen LogP contribution in [0.4, 0.5) is 0 Å². The molecule has 2 aliphatic rings. The number of halogens is 1. The van der Waals surface area contributed by atoms with E-state index < -0.39 is 0 Å². The molecular weight excluding hydrogens is 322 g/mol. The summed E-state index contributed by atoms with van der Waals surface area (Å²) >= 11 is 5.51. The summed E-state index contributed by atoms with van der Waals surface area (Å²) in [6, 6.07) is 7.38. The van der Waals surface area contributed by atoms with E-state index in [9.17, 15) is 0 Å². The summed E-state index contributed by atoms with van der Waals surface area (Å²) in [6.45, 7) is 1.94. The van der Waals surface area contributed by atoms with Crippen LogP contribution in [0.1, 0.15) is 31.2 Å². The van der Waals surface area contributed by atoms with Gasteiger partial charge in [-0.2, -0.15) is 0 Å². The van der Waals surface area contributed by atoms with Gasteiger partial charge in [0.1, 0.15) is 0 Å². The first-order valence-electron chi connectivity index (χ1n) is 7.07. The summed E-state index contributed by atoms with van der Waals surface area (Å²) in [5.74, 6) is 1.08. The normalized spacial score (nSPS) is 22.9. The van der Waals surface area contributed by atoms with Crippen LogP contribution in [0.25, 0.3) is 0 Å². The predicted molar refractivity (Wildman–Crippen MR) is 83.7 cm³/mol. The smallest absolute Gasteiger partial charge is 0.0669 e. The minimum atomic E-state index is 0.452. The minimum absolute atomic E-state index is 0.452. The van der Waals surface area contributed by atoms with Crippen molar-refractivity contribution in [2.45, 2.75) is 49.3 Å². The van der Waals surface area contributed by atoms with E-state index in [1.807, 2.05) is 11.8 Å². The monoisotopic (exact) mass is 341 g/mol. The van der Waals surface area contributed by atoms with E-state index in [0.717, 1.165) is 29.4 Å². The molecule has 1 saturated heterocycles. The highest BCUT2D eigenvalue weighted by Gasteiger charge is 2.21. The number of nitrogens with one attached hydrogen (secondary N) is 1. The minimum Gasteiger partial charge on any atom is -0.377 e. The molecular formula is C15H20BrNOS. The molecule has 0 amide bonds. The Morgan fingerprint density at radius 3 is 2.95 bits per heavy atom. The molecule has 1 aliphatic heterocycles. The first-order valence-corrected chi connectivity index (χ1v) is 8.85. The van der Waals surface area contributed by atoms with Crippen molar-refractivity contribution < 1.29 is 4.74 Å². The maximum atomic E-state index is 5.70. The van der Waals surface area contributed by atoms with Gasteiger partial charge >= 0.3 is 0 Å². The maximum Gasteiger partial charge on any atom is 0.0669 e. The second-order valence-corrected chi connectivity index (χ2v) is 7.33. The van der Waals surface area contributed by atoms with E-state index in [1.54, 1.807) is 0 Å². The fourth-order valence-electron chi connectivity index (χ4n) is 2.31. The van der Waals surface area contributed by atoms with Crippen LogP contribution < -0.4 is 5.32 Å². The zero-order valence-corrected chi connectivity index (χ0v) is 13.4. The number of thioether (sulfide) groups is 1. The molecule has 1 atom stereocenters. The van der Waals surface area contributed by atoms with E-state index in [0.29, 0.717) is 6.10 Å². The lowest BCUT2D eigenvalue weighted by Gasteiger charge is -2.13. The zero-order valence-electron chi connectivity index (χ0n) is 11.0. The first kappa shape index (κ1) is 13.9. The summed E-state index contributed by atoms with van der Waals surface area (Å²) in [4.78, 5) is 1.39. The molecule has 0 radical (unpaired) electrons. The van der Waals surface area contributed by atoms with Gasteiger partial charge in [0.05, 0.1) is 6.10 Å². The van der Waals surface area contributed by atoms with Gasteiger partial charge in [0, 0.05) is 34.3 Å². The summed E-state index contributed by atoms with van der Waals surface area (Å²) in [6.07, 6.45) is 5.58. The molecule has 1 aromatic carbocycles. The fraction of sp³-hybridized carbons (Fsp3) is 0.600. The van der Waals surface area contributed by atoms with E-state index in [-0.39, 0.29) is 0 Å². The third kappa shape index (κ3) is 4.22. The Morgan fingerprint density at radius 2 is 2.21 bits per heavy atom. The van der Waals surface area contributed by atoms with Gasteiger partial charge in [-0.05, 0) is 43.4 Å². The van der Waals surface area contributed by atoms with E-state index >= 15 is 0 Å². The van der Waals surface area contributed by atoms with Crippen molar-refractivity contribution in [1.82, 2.24) is 5.32 Å². The topological polar surface area (TPSA) is 21.3 Å². The van der Waals surface area contributed by atoms with Crippen LogP contribution in [0.3, 0.4) is 0 Å². The Bertz CT molecular complexity index is 430. The van der Waals surface area contributed by atoms with Crippen LogP contribution in [-0.4, -0.2) is 24.5 Å². The molecule has 1 aliphatic carbocycles. The second-order valence-electron chi connectivity index (χ2n) is 5.35. The number of ether oxygens (including phenoxy) is 1. The van der Waals surface area contributed by atoms with Gasteiger partial charge in [-0.25, -0.2) is 0 Å². The van der Waals surface area contributed by atoms with E-state index in [4.69, 9.17) is 4.74 Å². The lowest BCUT2D eigenvalue weighted by molar-refractivity contribution is 0.129. The van der Waals surface area contributed by atoms with Gasteiger partial charge in [-0.15, -0.1) is 11.8 Å². The fourth-order valence-corrected chi connectivity index (χ4v) is 3.99. The number of hydrogen-bond acceptors (Lipinski definition) is 3. The summed E-state index contributed by atoms with van der Waals surface area (Å²) in [5, 5.41) is 3.60. The Hall–Kier alpha value is -0.0300. The van der Waals surface area contributed by atoms with Crippen LogP contribution in [-0.2, 0) is 11.3 Å². The summed E-state index contributed by atoms with van der Waals surface area (Å²) < 4.78 is 6.87. The third-order valence-corrected chi connectivity index (χ3v) is 5.36. The van der Waals surface area contributed by atoms with Crippen molar-refractivity contribution in [3.63, 3.8) is 0 Å². The molecule has 19 heavy (non-hydrogen) atoms. The molecule has 0 aromatic heterocycles. The Kier molecular flexibility index (Phi) is 4.85. The molecule has 1 saturated carbocycles. The number of hydrogen-bond donors (Lipinski definition) is 1. The average molecular weight is 342 g/mol. The van der Waals surface area contributed by atoms with Crippen molar-refractivity contribution in [1.29, 1.82) is 0 Å². The van der Waals surface area contributed by atoms with Crippen molar-refractivity contribution in [3.8, 4) is 0 Å². The Balaban J connectivity index is 1.60. The van der Waals surface area contributed by atoms with Gasteiger partial charge in [-0.3, -0.25) is 0 Å². The molecule has 3 rings (SSSR count). The third-order valence-electron chi connectivity index (χ3n) is 3.64. The Labute approximate surface area is 127 Å². The summed E-state index contributed by atoms with van der Waals surface area (Å²) in [5.41, 5.74) is 1.41. The standard InChI is InChI=1S/C15H20BrNOS/c16-12-4-3-11(9-17-13-5-6-13)15(8-12)19-10-14-2-1-7-18-14/h3-4,8,13-14,17H,1-2,5-7,9-10H2. The van der Waals surface area contributed by atoms with Crippen molar-refractivity contribution in [2.75, 3.05) is 12.4 Å². The second kappa shape index (κ2) is 6.61. The quantitative estimate of drug-likeness (QED) is 0.791. The molecule has 1 unspecified atom stereocenters. The van der Waals surface area contributed by atoms with Crippen LogP contribution in [0, 0.1) is 0 Å². The first-order chi connectivity index (χ1) is 9.31. The average Bonchev–Trinajstić information content (AvgIpc) is 3.09. The molecule has 1 heterocycles. The SMILES string of the molecule is Brc1ccc(CNC2CC2)c(SCC2CCCO2)c1.